The van der Waals surface area contributed by atoms with Crippen LogP contribution in [-0.4, -0.2) is 36.1 Å². The first kappa shape index (κ1) is 15.6. The molecule has 0 saturated heterocycles. The summed E-state index contributed by atoms with van der Waals surface area (Å²) in [6, 6.07) is 17.6. The topological polar surface area (TPSA) is 40.5 Å². The fourth-order valence-electron chi connectivity index (χ4n) is 2.09. The quantitative estimate of drug-likeness (QED) is 0.888. The summed E-state index contributed by atoms with van der Waals surface area (Å²) in [6.07, 6.45) is 0.498. The second-order valence-electron chi connectivity index (χ2n) is 5.04. The summed E-state index contributed by atoms with van der Waals surface area (Å²) in [7, 11) is 3.59. The average molecular weight is 301 g/mol. The van der Waals surface area contributed by atoms with E-state index in [2.05, 4.69) is 12.1 Å². The van der Waals surface area contributed by atoms with Crippen LogP contribution in [0.2, 0.25) is 0 Å². The summed E-state index contributed by atoms with van der Waals surface area (Å²) < 4.78 is 0. The van der Waals surface area contributed by atoms with Gasteiger partial charge in [-0.1, -0.05) is 48.2 Å². The molecule has 110 valence electrons. The largest absolute Gasteiger partial charge is 0.480 e. The SMILES string of the molecule is CN(C)[C@H](Cc1ccccc1Sc1ccccc1)C(=O)O. The first-order chi connectivity index (χ1) is 10.1. The van der Waals surface area contributed by atoms with E-state index in [0.717, 1.165) is 15.4 Å². The van der Waals surface area contributed by atoms with Gasteiger partial charge in [-0.3, -0.25) is 9.69 Å². The highest BCUT2D eigenvalue weighted by molar-refractivity contribution is 7.99. The van der Waals surface area contributed by atoms with E-state index in [1.165, 1.54) is 0 Å². The third-order valence-electron chi connectivity index (χ3n) is 3.27. The van der Waals surface area contributed by atoms with Crippen molar-refractivity contribution in [3.05, 3.63) is 60.2 Å². The maximum Gasteiger partial charge on any atom is 0.321 e. The molecule has 0 fully saturated rings. The number of carbonyl (C=O) groups is 1. The van der Waals surface area contributed by atoms with Crippen molar-refractivity contribution in [2.45, 2.75) is 22.3 Å². The first-order valence-electron chi connectivity index (χ1n) is 6.78. The highest BCUT2D eigenvalue weighted by Crippen LogP contribution is 2.31. The van der Waals surface area contributed by atoms with Crippen molar-refractivity contribution >= 4 is 17.7 Å². The lowest BCUT2D eigenvalue weighted by Gasteiger charge is -2.21. The fraction of sp³-hybridized carbons (Fsp3) is 0.235. The Labute approximate surface area is 129 Å². The van der Waals surface area contributed by atoms with E-state index in [0.29, 0.717) is 6.42 Å². The van der Waals surface area contributed by atoms with Crippen LogP contribution < -0.4 is 0 Å². The molecule has 0 aliphatic heterocycles. The fourth-order valence-corrected chi connectivity index (χ4v) is 3.06. The number of nitrogens with zero attached hydrogens (tertiary/aromatic N) is 1. The van der Waals surface area contributed by atoms with Crippen molar-refractivity contribution in [1.29, 1.82) is 0 Å². The Kier molecular flexibility index (Phi) is 5.42. The van der Waals surface area contributed by atoms with Gasteiger partial charge in [0.05, 0.1) is 0 Å². The Morgan fingerprint density at radius 3 is 2.33 bits per heavy atom. The number of carboxylic acid groups (broad SMARTS) is 1. The number of likely N-dealkylation sites (N-methyl/N-ethyl adjacent to an activating group) is 1. The number of benzene rings is 2. The van der Waals surface area contributed by atoms with Crippen molar-refractivity contribution in [3.63, 3.8) is 0 Å². The van der Waals surface area contributed by atoms with Crippen LogP contribution in [0.15, 0.2) is 64.4 Å². The van der Waals surface area contributed by atoms with E-state index in [1.807, 2.05) is 42.5 Å². The van der Waals surface area contributed by atoms with E-state index in [1.54, 1.807) is 30.8 Å². The maximum absolute atomic E-state index is 11.4. The predicted octanol–water partition coefficient (Wildman–Crippen LogP) is 3.40. The normalized spacial score (nSPS) is 12.3. The van der Waals surface area contributed by atoms with Gasteiger partial charge in [0.25, 0.3) is 0 Å². The number of rotatable bonds is 6. The van der Waals surface area contributed by atoms with Crippen LogP contribution in [0.4, 0.5) is 0 Å². The van der Waals surface area contributed by atoms with Gasteiger partial charge in [-0.25, -0.2) is 0 Å². The molecule has 2 aromatic rings. The van der Waals surface area contributed by atoms with Crippen LogP contribution in [0.5, 0.6) is 0 Å². The van der Waals surface area contributed by atoms with Crippen molar-refractivity contribution in [1.82, 2.24) is 4.90 Å². The lowest BCUT2D eigenvalue weighted by molar-refractivity contribution is -0.142. The van der Waals surface area contributed by atoms with Gasteiger partial charge < -0.3 is 5.11 Å². The van der Waals surface area contributed by atoms with Crippen LogP contribution in [0.3, 0.4) is 0 Å². The molecule has 21 heavy (non-hydrogen) atoms. The zero-order valence-electron chi connectivity index (χ0n) is 12.2. The first-order valence-corrected chi connectivity index (χ1v) is 7.59. The molecule has 0 saturated carbocycles. The monoisotopic (exact) mass is 301 g/mol. The van der Waals surface area contributed by atoms with E-state index < -0.39 is 12.0 Å². The Bertz CT molecular complexity index is 599. The number of hydrogen-bond acceptors (Lipinski definition) is 3. The minimum atomic E-state index is -0.792. The summed E-state index contributed by atoms with van der Waals surface area (Å²) in [5.74, 6) is -0.792. The van der Waals surface area contributed by atoms with Crippen LogP contribution in [0, 0.1) is 0 Å². The van der Waals surface area contributed by atoms with Gasteiger partial charge in [0.2, 0.25) is 0 Å². The smallest absolute Gasteiger partial charge is 0.321 e. The maximum atomic E-state index is 11.4. The standard InChI is InChI=1S/C17H19NO2S/c1-18(2)15(17(19)20)12-13-8-6-7-11-16(13)21-14-9-4-3-5-10-14/h3-11,15H,12H2,1-2H3,(H,19,20)/t15-/m1/s1. The van der Waals surface area contributed by atoms with E-state index in [9.17, 15) is 9.90 Å². The molecule has 0 spiro atoms. The van der Waals surface area contributed by atoms with Gasteiger partial charge >= 0.3 is 5.97 Å². The van der Waals surface area contributed by atoms with Crippen LogP contribution in [0.25, 0.3) is 0 Å². The van der Waals surface area contributed by atoms with E-state index in [-0.39, 0.29) is 0 Å². The van der Waals surface area contributed by atoms with Crippen LogP contribution in [0.1, 0.15) is 5.56 Å². The molecule has 2 rings (SSSR count). The summed E-state index contributed by atoms with van der Waals surface area (Å²) in [6.45, 7) is 0. The lowest BCUT2D eigenvalue weighted by atomic mass is 10.1. The summed E-state index contributed by atoms with van der Waals surface area (Å²) in [4.78, 5) is 15.4. The molecule has 3 nitrogen and oxygen atoms in total. The summed E-state index contributed by atoms with van der Waals surface area (Å²) in [5.41, 5.74) is 1.06. The molecular formula is C17H19NO2S. The highest BCUT2D eigenvalue weighted by atomic mass is 32.2. The molecule has 4 heteroatoms. The number of hydrogen-bond donors (Lipinski definition) is 1. The third kappa shape index (κ3) is 4.34. The van der Waals surface area contributed by atoms with E-state index in [4.69, 9.17) is 0 Å². The molecule has 0 radical (unpaired) electrons. The van der Waals surface area contributed by atoms with Crippen molar-refractivity contribution < 1.29 is 9.90 Å². The Morgan fingerprint density at radius 1 is 1.10 bits per heavy atom. The van der Waals surface area contributed by atoms with Gasteiger partial charge in [0.1, 0.15) is 6.04 Å². The van der Waals surface area contributed by atoms with Crippen molar-refractivity contribution in [2.24, 2.45) is 0 Å². The lowest BCUT2D eigenvalue weighted by Crippen LogP contribution is -2.37. The van der Waals surface area contributed by atoms with Crippen molar-refractivity contribution in [3.8, 4) is 0 Å². The molecule has 1 atom stereocenters. The van der Waals surface area contributed by atoms with Gasteiger partial charge in [0.15, 0.2) is 0 Å². The summed E-state index contributed by atoms with van der Waals surface area (Å²) >= 11 is 1.67. The van der Waals surface area contributed by atoms with Crippen LogP contribution in [-0.2, 0) is 11.2 Å². The van der Waals surface area contributed by atoms with Gasteiger partial charge in [-0.15, -0.1) is 0 Å². The minimum Gasteiger partial charge on any atom is -0.480 e. The molecule has 0 bridgehead atoms. The molecular weight excluding hydrogens is 282 g/mol. The molecule has 0 aliphatic carbocycles. The number of carboxylic acids is 1. The molecule has 0 aromatic heterocycles. The van der Waals surface area contributed by atoms with E-state index >= 15 is 0 Å². The Hall–Kier alpha value is -1.78. The number of aliphatic carboxylic acids is 1. The molecule has 0 heterocycles. The van der Waals surface area contributed by atoms with Crippen molar-refractivity contribution in [2.75, 3.05) is 14.1 Å². The predicted molar refractivity (Wildman–Crippen MR) is 85.8 cm³/mol. The molecule has 0 aliphatic rings. The van der Waals surface area contributed by atoms with Gasteiger partial charge in [-0.05, 0) is 44.3 Å². The average Bonchev–Trinajstić information content (AvgIpc) is 2.46. The highest BCUT2D eigenvalue weighted by Gasteiger charge is 2.21. The zero-order valence-corrected chi connectivity index (χ0v) is 13.0. The van der Waals surface area contributed by atoms with Crippen LogP contribution >= 0.6 is 11.8 Å². The molecule has 0 unspecified atom stereocenters. The Balaban J connectivity index is 2.22. The second kappa shape index (κ2) is 7.29. The third-order valence-corrected chi connectivity index (χ3v) is 4.39. The zero-order chi connectivity index (χ0) is 15.2. The second-order valence-corrected chi connectivity index (χ2v) is 6.16. The molecule has 2 aromatic carbocycles. The van der Waals surface area contributed by atoms with Gasteiger partial charge in [0, 0.05) is 9.79 Å². The minimum absolute atomic E-state index is 0.498. The Morgan fingerprint density at radius 2 is 1.71 bits per heavy atom. The van der Waals surface area contributed by atoms with Gasteiger partial charge in [-0.2, -0.15) is 0 Å². The summed E-state index contributed by atoms with van der Waals surface area (Å²) in [5, 5.41) is 9.34. The molecule has 1 N–H and O–H groups in total. The molecule has 0 amide bonds.